The maximum atomic E-state index is 11.8. The summed E-state index contributed by atoms with van der Waals surface area (Å²) in [4.78, 5) is 11.8. The van der Waals surface area contributed by atoms with E-state index in [0.717, 1.165) is 0 Å². The van der Waals surface area contributed by atoms with Crippen LogP contribution in [0.4, 0.5) is 0 Å². The average molecular weight is 235 g/mol. The normalized spacial score (nSPS) is 14.4. The van der Waals surface area contributed by atoms with E-state index in [0.29, 0.717) is 24.6 Å². The summed E-state index contributed by atoms with van der Waals surface area (Å²) in [6.07, 6.45) is 4.57. The Labute approximate surface area is 95.8 Å². The molecule has 0 radical (unpaired) electrons. The summed E-state index contributed by atoms with van der Waals surface area (Å²) in [5.74, 6) is 0.717. The number of hydrogen-bond acceptors (Lipinski definition) is 1. The zero-order valence-corrected chi connectivity index (χ0v) is 9.73. The van der Waals surface area contributed by atoms with Crippen molar-refractivity contribution in [2.45, 2.75) is 12.8 Å². The Morgan fingerprint density at radius 3 is 1.64 bits per heavy atom. The first kappa shape index (κ1) is 13.7. The highest BCUT2D eigenvalue weighted by atomic mass is 35.5. The average Bonchev–Trinajstić information content (AvgIpc) is 2.21. The number of ketones is 1. The lowest BCUT2D eigenvalue weighted by Gasteiger charge is -2.15. The molecule has 0 rings (SSSR count). The number of rotatable bonds is 8. The monoisotopic (exact) mass is 234 g/mol. The highest BCUT2D eigenvalue weighted by Gasteiger charge is 2.21. The smallest absolute Gasteiger partial charge is 0.146 e. The van der Waals surface area contributed by atoms with Gasteiger partial charge in [0.25, 0.3) is 0 Å². The van der Waals surface area contributed by atoms with E-state index in [4.69, 9.17) is 23.2 Å². The topological polar surface area (TPSA) is 17.1 Å². The number of alkyl halides is 2. The van der Waals surface area contributed by atoms with E-state index in [9.17, 15) is 4.79 Å². The van der Waals surface area contributed by atoms with E-state index < -0.39 is 0 Å². The van der Waals surface area contributed by atoms with Crippen LogP contribution in [0.1, 0.15) is 12.8 Å². The molecule has 0 aliphatic heterocycles. The standard InChI is InChI=1S/C11H16Cl2O/c1-3-9(5-7-12)11(14)10(4-2)6-8-13/h3-4,9-10H,1-2,5-8H2. The van der Waals surface area contributed by atoms with E-state index >= 15 is 0 Å². The van der Waals surface area contributed by atoms with Crippen LogP contribution < -0.4 is 0 Å². The van der Waals surface area contributed by atoms with Gasteiger partial charge in [0.15, 0.2) is 0 Å². The van der Waals surface area contributed by atoms with Gasteiger partial charge >= 0.3 is 0 Å². The Balaban J connectivity index is 4.36. The van der Waals surface area contributed by atoms with Crippen molar-refractivity contribution in [2.75, 3.05) is 11.8 Å². The molecule has 0 saturated heterocycles. The van der Waals surface area contributed by atoms with Crippen LogP contribution in [0.2, 0.25) is 0 Å². The number of Topliss-reactive ketones (excluding diaryl/α,β-unsaturated/α-hetero) is 1. The fourth-order valence-electron chi connectivity index (χ4n) is 1.26. The highest BCUT2D eigenvalue weighted by molar-refractivity contribution is 6.18. The molecule has 0 aromatic carbocycles. The number of carbonyl (C=O) groups excluding carboxylic acids is 1. The second kappa shape index (κ2) is 8.07. The lowest BCUT2D eigenvalue weighted by molar-refractivity contribution is -0.124. The van der Waals surface area contributed by atoms with E-state index in [2.05, 4.69) is 13.2 Å². The first-order valence-electron chi connectivity index (χ1n) is 4.62. The Bertz CT molecular complexity index is 181. The van der Waals surface area contributed by atoms with Crippen LogP contribution in [-0.4, -0.2) is 17.5 Å². The SMILES string of the molecule is C=CC(CCCl)C(=O)C(C=C)CCCl. The molecule has 1 nitrogen and oxygen atoms in total. The van der Waals surface area contributed by atoms with Gasteiger partial charge in [0.2, 0.25) is 0 Å². The van der Waals surface area contributed by atoms with Crippen molar-refractivity contribution in [1.29, 1.82) is 0 Å². The number of carbonyl (C=O) groups is 1. The minimum absolute atomic E-state index is 0.122. The molecule has 2 atom stereocenters. The van der Waals surface area contributed by atoms with Gasteiger partial charge in [-0.1, -0.05) is 12.2 Å². The summed E-state index contributed by atoms with van der Waals surface area (Å²) in [5, 5.41) is 0. The molecule has 0 aromatic rings. The van der Waals surface area contributed by atoms with Crippen LogP contribution in [0.3, 0.4) is 0 Å². The van der Waals surface area contributed by atoms with Crippen molar-refractivity contribution < 1.29 is 4.79 Å². The first-order valence-corrected chi connectivity index (χ1v) is 5.68. The Kier molecular flexibility index (Phi) is 7.92. The molecule has 0 heterocycles. The summed E-state index contributed by atoms with van der Waals surface area (Å²) >= 11 is 11.2. The van der Waals surface area contributed by atoms with Crippen molar-refractivity contribution in [3.63, 3.8) is 0 Å². The summed E-state index contributed by atoms with van der Waals surface area (Å²) in [5.41, 5.74) is 0. The van der Waals surface area contributed by atoms with Crippen LogP contribution in [0, 0.1) is 11.8 Å². The van der Waals surface area contributed by atoms with Crippen molar-refractivity contribution >= 4 is 29.0 Å². The van der Waals surface area contributed by atoms with Gasteiger partial charge in [0.1, 0.15) is 5.78 Å². The molecule has 0 spiro atoms. The Morgan fingerprint density at radius 1 is 1.07 bits per heavy atom. The Hall–Kier alpha value is -0.270. The molecule has 0 aromatic heterocycles. The fourth-order valence-corrected chi connectivity index (χ4v) is 1.73. The third-order valence-corrected chi connectivity index (χ3v) is 2.58. The molecule has 0 fully saturated rings. The Morgan fingerprint density at radius 2 is 1.43 bits per heavy atom. The van der Waals surface area contributed by atoms with E-state index in [1.807, 2.05) is 0 Å². The van der Waals surface area contributed by atoms with Crippen LogP contribution in [0.5, 0.6) is 0 Å². The van der Waals surface area contributed by atoms with Gasteiger partial charge in [-0.25, -0.2) is 0 Å². The molecule has 0 saturated carbocycles. The minimum atomic E-state index is -0.168. The van der Waals surface area contributed by atoms with Gasteiger partial charge in [0.05, 0.1) is 0 Å². The van der Waals surface area contributed by atoms with Gasteiger partial charge < -0.3 is 0 Å². The lowest BCUT2D eigenvalue weighted by atomic mass is 9.89. The zero-order valence-electron chi connectivity index (χ0n) is 8.22. The molecule has 0 amide bonds. The molecule has 0 bridgehead atoms. The maximum Gasteiger partial charge on any atom is 0.146 e. The molecular formula is C11H16Cl2O. The second-order valence-corrected chi connectivity index (χ2v) is 3.80. The molecule has 0 N–H and O–H groups in total. The predicted octanol–water partition coefficient (Wildman–Crippen LogP) is 3.42. The molecule has 0 aliphatic carbocycles. The largest absolute Gasteiger partial charge is 0.298 e. The van der Waals surface area contributed by atoms with E-state index in [-0.39, 0.29) is 17.6 Å². The molecular weight excluding hydrogens is 219 g/mol. The number of hydrogen-bond donors (Lipinski definition) is 0. The first-order chi connectivity index (χ1) is 6.71. The van der Waals surface area contributed by atoms with Gasteiger partial charge in [-0.05, 0) is 12.8 Å². The van der Waals surface area contributed by atoms with Crippen molar-refractivity contribution in [2.24, 2.45) is 11.8 Å². The third kappa shape index (κ3) is 4.30. The predicted molar refractivity (Wildman–Crippen MR) is 63.1 cm³/mol. The van der Waals surface area contributed by atoms with Crippen molar-refractivity contribution in [3.05, 3.63) is 25.3 Å². The van der Waals surface area contributed by atoms with Crippen LogP contribution >= 0.6 is 23.2 Å². The highest BCUT2D eigenvalue weighted by Crippen LogP contribution is 2.17. The molecule has 80 valence electrons. The molecule has 2 unspecified atom stereocenters. The third-order valence-electron chi connectivity index (χ3n) is 2.14. The number of halogens is 2. The summed E-state index contributed by atoms with van der Waals surface area (Å²) < 4.78 is 0. The fraction of sp³-hybridized carbons (Fsp3) is 0.545. The zero-order chi connectivity index (χ0) is 11.0. The maximum absolute atomic E-state index is 11.8. The lowest BCUT2D eigenvalue weighted by Crippen LogP contribution is -2.21. The van der Waals surface area contributed by atoms with Crippen LogP contribution in [-0.2, 0) is 4.79 Å². The van der Waals surface area contributed by atoms with Crippen LogP contribution in [0.15, 0.2) is 25.3 Å². The quantitative estimate of drug-likeness (QED) is 0.465. The minimum Gasteiger partial charge on any atom is -0.298 e. The molecule has 0 aliphatic rings. The van der Waals surface area contributed by atoms with Gasteiger partial charge in [0, 0.05) is 23.6 Å². The van der Waals surface area contributed by atoms with Gasteiger partial charge in [-0.3, -0.25) is 4.79 Å². The van der Waals surface area contributed by atoms with Crippen molar-refractivity contribution in [3.8, 4) is 0 Å². The van der Waals surface area contributed by atoms with Gasteiger partial charge in [-0.2, -0.15) is 0 Å². The summed E-state index contributed by atoms with van der Waals surface area (Å²) in [7, 11) is 0. The van der Waals surface area contributed by atoms with E-state index in [1.165, 1.54) is 0 Å². The second-order valence-electron chi connectivity index (χ2n) is 3.04. The molecule has 14 heavy (non-hydrogen) atoms. The molecule has 3 heteroatoms. The van der Waals surface area contributed by atoms with E-state index in [1.54, 1.807) is 12.2 Å². The van der Waals surface area contributed by atoms with Crippen LogP contribution in [0.25, 0.3) is 0 Å². The van der Waals surface area contributed by atoms with Gasteiger partial charge in [-0.15, -0.1) is 36.4 Å². The summed E-state index contributed by atoms with van der Waals surface area (Å²) in [6.45, 7) is 7.26. The van der Waals surface area contributed by atoms with Crippen molar-refractivity contribution in [1.82, 2.24) is 0 Å². The summed E-state index contributed by atoms with van der Waals surface area (Å²) in [6, 6.07) is 0. The number of allylic oxidation sites excluding steroid dienone is 2.